The number of rotatable bonds is 10. The third-order valence-electron chi connectivity index (χ3n) is 11.8. The fraction of sp³-hybridized carbons (Fsp3) is 0.395. The van der Waals surface area contributed by atoms with Gasteiger partial charge < -0.3 is 19.4 Å². The van der Waals surface area contributed by atoms with Gasteiger partial charge in [-0.05, 0) is 90.1 Å². The molecule has 51 heavy (non-hydrogen) atoms. The highest BCUT2D eigenvalue weighted by atomic mass is 16.5. The van der Waals surface area contributed by atoms with E-state index in [1.807, 2.05) is 30.5 Å². The van der Waals surface area contributed by atoms with Gasteiger partial charge in [-0.1, -0.05) is 50.2 Å². The lowest BCUT2D eigenvalue weighted by Gasteiger charge is -2.58. The molecule has 1 aliphatic carbocycles. The maximum atomic E-state index is 11.9. The third kappa shape index (κ3) is 6.87. The molecule has 8 rings (SSSR count). The molecular weight excluding hydrogens is 635 g/mol. The first kappa shape index (κ1) is 33.5. The van der Waals surface area contributed by atoms with Gasteiger partial charge in [0.05, 0.1) is 18.9 Å². The molecule has 1 atom stereocenters. The zero-order chi connectivity index (χ0) is 35.0. The number of aldehydes is 1. The van der Waals surface area contributed by atoms with Crippen molar-refractivity contribution in [2.75, 3.05) is 44.7 Å². The minimum Gasteiger partial charge on any atom is -0.497 e. The molecular formula is C43H49N5O3. The fourth-order valence-corrected chi connectivity index (χ4v) is 8.87. The molecule has 1 saturated carbocycles. The van der Waals surface area contributed by atoms with Crippen LogP contribution in [0, 0.1) is 5.41 Å². The zero-order valence-electron chi connectivity index (χ0n) is 30.1. The number of hydrogen-bond donors (Lipinski definition) is 1. The number of aromatic nitrogens is 2. The lowest BCUT2D eigenvalue weighted by atomic mass is 9.59. The zero-order valence-corrected chi connectivity index (χ0v) is 30.1. The molecule has 3 aliphatic rings. The molecule has 3 fully saturated rings. The van der Waals surface area contributed by atoms with Crippen LogP contribution in [-0.4, -0.2) is 71.9 Å². The van der Waals surface area contributed by atoms with Gasteiger partial charge in [0.1, 0.15) is 22.9 Å². The monoisotopic (exact) mass is 683 g/mol. The van der Waals surface area contributed by atoms with Crippen molar-refractivity contribution in [2.24, 2.45) is 5.41 Å². The van der Waals surface area contributed by atoms with Crippen LogP contribution in [0.15, 0.2) is 91.3 Å². The molecule has 8 heteroatoms. The van der Waals surface area contributed by atoms with Crippen LogP contribution in [-0.2, 0) is 6.54 Å². The summed E-state index contributed by atoms with van der Waals surface area (Å²) in [6, 6.07) is 28.6. The molecule has 8 nitrogen and oxygen atoms in total. The van der Waals surface area contributed by atoms with Gasteiger partial charge in [-0.3, -0.25) is 14.6 Å². The summed E-state index contributed by atoms with van der Waals surface area (Å²) < 4.78 is 11.6. The lowest BCUT2D eigenvalue weighted by Crippen LogP contribution is -2.60. The van der Waals surface area contributed by atoms with Crippen molar-refractivity contribution in [3.63, 3.8) is 0 Å². The van der Waals surface area contributed by atoms with E-state index in [9.17, 15) is 4.79 Å². The Labute approximate surface area is 301 Å². The average Bonchev–Trinajstić information content (AvgIpc) is 3.62. The SMILES string of the molecule is COc1ccc(CN2CCN(C3CC4(CCN(c5ccc(C=O)c(Oc6cnc7[nH]ccc7c6)c5)CC4)C3)C(c3ccccc3C(C)C)C2)cc1. The summed E-state index contributed by atoms with van der Waals surface area (Å²) in [6.45, 7) is 10.9. The smallest absolute Gasteiger partial charge is 0.153 e. The molecule has 1 spiro atoms. The average molecular weight is 684 g/mol. The summed E-state index contributed by atoms with van der Waals surface area (Å²) in [5.74, 6) is 2.59. The number of nitrogens with zero attached hydrogens (tertiary/aromatic N) is 4. The number of nitrogens with one attached hydrogen (secondary N) is 1. The van der Waals surface area contributed by atoms with E-state index in [0.29, 0.717) is 40.5 Å². The van der Waals surface area contributed by atoms with Crippen molar-refractivity contribution in [1.82, 2.24) is 19.8 Å². The Bertz CT molecular complexity index is 1970. The van der Waals surface area contributed by atoms with Crippen LogP contribution in [0.1, 0.15) is 78.5 Å². The number of fused-ring (bicyclic) bond motifs is 1. The first-order valence-electron chi connectivity index (χ1n) is 18.6. The molecule has 0 radical (unpaired) electrons. The molecule has 1 unspecified atom stereocenters. The summed E-state index contributed by atoms with van der Waals surface area (Å²) >= 11 is 0. The van der Waals surface area contributed by atoms with E-state index in [2.05, 4.69) is 93.1 Å². The Morgan fingerprint density at radius 3 is 2.51 bits per heavy atom. The van der Waals surface area contributed by atoms with E-state index >= 15 is 0 Å². The fourth-order valence-electron chi connectivity index (χ4n) is 8.87. The highest BCUT2D eigenvalue weighted by Gasteiger charge is 2.50. The number of pyridine rings is 1. The topological polar surface area (TPSA) is 73.9 Å². The second-order valence-electron chi connectivity index (χ2n) is 15.2. The normalized spacial score (nSPS) is 19.8. The number of benzene rings is 3. The van der Waals surface area contributed by atoms with Crippen LogP contribution in [0.25, 0.3) is 11.0 Å². The maximum Gasteiger partial charge on any atom is 0.153 e. The van der Waals surface area contributed by atoms with Crippen LogP contribution in [0.2, 0.25) is 0 Å². The summed E-state index contributed by atoms with van der Waals surface area (Å²) in [6.07, 6.45) is 9.35. The first-order chi connectivity index (χ1) is 24.9. The number of piperazine rings is 1. The summed E-state index contributed by atoms with van der Waals surface area (Å²) in [7, 11) is 1.73. The standard InChI is InChI=1S/C43H49N5O3/c1-30(2)38-6-4-5-7-39(38)40-28-46(27-31-8-12-36(50-3)13-9-31)20-21-48(40)35-24-43(25-35)15-18-47(19-16-43)34-11-10-33(29-49)41(23-34)51-37-22-32-14-17-44-42(32)45-26-37/h4-14,17,22-23,26,29-30,35,40H,15-16,18-21,24-25,27-28H2,1-3H3,(H,44,45). The number of hydrogen-bond acceptors (Lipinski definition) is 7. The number of carbonyl (C=O) groups excluding carboxylic acids is 1. The van der Waals surface area contributed by atoms with E-state index in [1.165, 1.54) is 42.4 Å². The highest BCUT2D eigenvalue weighted by Crippen LogP contribution is 2.53. The van der Waals surface area contributed by atoms with Crippen molar-refractivity contribution in [3.05, 3.63) is 114 Å². The van der Waals surface area contributed by atoms with Crippen LogP contribution in [0.3, 0.4) is 0 Å². The van der Waals surface area contributed by atoms with Crippen molar-refractivity contribution in [3.8, 4) is 17.2 Å². The van der Waals surface area contributed by atoms with Crippen molar-refractivity contribution in [2.45, 2.75) is 64.1 Å². The number of aromatic amines is 1. The van der Waals surface area contributed by atoms with Crippen LogP contribution < -0.4 is 14.4 Å². The summed E-state index contributed by atoms with van der Waals surface area (Å²) in [4.78, 5) is 27.5. The Kier molecular flexibility index (Phi) is 9.30. The number of ether oxygens (including phenoxy) is 2. The van der Waals surface area contributed by atoms with Gasteiger partial charge in [0.2, 0.25) is 0 Å². The van der Waals surface area contributed by atoms with E-state index in [4.69, 9.17) is 9.47 Å². The van der Waals surface area contributed by atoms with Gasteiger partial charge in [0, 0.05) is 74.7 Å². The largest absolute Gasteiger partial charge is 0.497 e. The van der Waals surface area contributed by atoms with E-state index in [1.54, 1.807) is 13.3 Å². The number of methoxy groups -OCH3 is 1. The van der Waals surface area contributed by atoms with Crippen molar-refractivity contribution >= 4 is 23.0 Å². The highest BCUT2D eigenvalue weighted by molar-refractivity contribution is 5.81. The quantitative estimate of drug-likeness (QED) is 0.148. The lowest BCUT2D eigenvalue weighted by molar-refractivity contribution is -0.0628. The number of carbonyl (C=O) groups is 1. The minimum atomic E-state index is 0.390. The van der Waals surface area contributed by atoms with Crippen molar-refractivity contribution < 1.29 is 14.3 Å². The predicted octanol–water partition coefficient (Wildman–Crippen LogP) is 8.61. The van der Waals surface area contributed by atoms with Gasteiger partial charge in [-0.2, -0.15) is 0 Å². The molecule has 1 N–H and O–H groups in total. The molecule has 3 aromatic carbocycles. The number of anilines is 1. The van der Waals surface area contributed by atoms with E-state index < -0.39 is 0 Å². The Morgan fingerprint density at radius 2 is 1.75 bits per heavy atom. The molecule has 4 heterocycles. The number of piperidine rings is 1. The molecule has 2 aliphatic heterocycles. The molecule has 2 saturated heterocycles. The Balaban J connectivity index is 0.938. The van der Waals surface area contributed by atoms with Crippen LogP contribution >= 0.6 is 0 Å². The van der Waals surface area contributed by atoms with Gasteiger partial charge >= 0.3 is 0 Å². The molecule has 5 aromatic rings. The second-order valence-corrected chi connectivity index (χ2v) is 15.2. The van der Waals surface area contributed by atoms with Gasteiger partial charge in [-0.25, -0.2) is 4.98 Å². The molecule has 264 valence electrons. The first-order valence-corrected chi connectivity index (χ1v) is 18.6. The van der Waals surface area contributed by atoms with Gasteiger partial charge in [-0.15, -0.1) is 0 Å². The van der Waals surface area contributed by atoms with Crippen molar-refractivity contribution in [1.29, 1.82) is 0 Å². The summed E-state index contributed by atoms with van der Waals surface area (Å²) in [5.41, 5.74) is 7.19. The minimum absolute atomic E-state index is 0.390. The maximum absolute atomic E-state index is 11.9. The number of H-pyrrole nitrogens is 1. The second kappa shape index (κ2) is 14.2. The van der Waals surface area contributed by atoms with Crippen LogP contribution in [0.4, 0.5) is 5.69 Å². The summed E-state index contributed by atoms with van der Waals surface area (Å²) in [5, 5.41) is 0.974. The van der Waals surface area contributed by atoms with E-state index in [0.717, 1.165) is 68.0 Å². The van der Waals surface area contributed by atoms with Crippen LogP contribution in [0.5, 0.6) is 17.2 Å². The van der Waals surface area contributed by atoms with Gasteiger partial charge in [0.15, 0.2) is 6.29 Å². The Morgan fingerprint density at radius 1 is 0.941 bits per heavy atom. The Hall–Kier alpha value is -4.66. The molecule has 0 bridgehead atoms. The molecule has 2 aromatic heterocycles. The van der Waals surface area contributed by atoms with E-state index in [-0.39, 0.29) is 0 Å². The molecule has 0 amide bonds. The predicted molar refractivity (Wildman–Crippen MR) is 203 cm³/mol. The third-order valence-corrected chi connectivity index (χ3v) is 11.8. The van der Waals surface area contributed by atoms with Gasteiger partial charge in [0.25, 0.3) is 0 Å².